The zero-order chi connectivity index (χ0) is 22.4. The highest BCUT2D eigenvalue weighted by Gasteiger charge is 2.23. The van der Waals surface area contributed by atoms with Crippen LogP contribution in [0.25, 0.3) is 10.2 Å². The molecule has 7 nitrogen and oxygen atoms in total. The molecule has 1 aromatic carbocycles. The lowest BCUT2D eigenvalue weighted by Gasteiger charge is -2.33. The van der Waals surface area contributed by atoms with Crippen LogP contribution in [0.2, 0.25) is 0 Å². The van der Waals surface area contributed by atoms with Crippen molar-refractivity contribution in [1.29, 1.82) is 0 Å². The number of fused-ring (bicyclic) bond motifs is 1. The number of hydrogen-bond acceptors (Lipinski definition) is 6. The maximum absolute atomic E-state index is 12.5. The van der Waals surface area contributed by atoms with Gasteiger partial charge in [0.25, 0.3) is 5.91 Å². The number of piperidine rings is 1. The Hall–Kier alpha value is -2.13. The minimum atomic E-state index is -0.368. The van der Waals surface area contributed by atoms with Gasteiger partial charge in [-0.15, -0.1) is 11.8 Å². The Morgan fingerprint density at radius 2 is 2.06 bits per heavy atom. The molecule has 168 valence electrons. The van der Waals surface area contributed by atoms with Crippen LogP contribution in [0.3, 0.4) is 0 Å². The second-order valence-corrected chi connectivity index (χ2v) is 9.67. The molecular formula is C22H29N3O4S2. The SMILES string of the molecule is CCOC(=O)Cn1c(=NC(=O)CSCC(=O)N2CCCCC2C)sc2cc(C)ccc21. The second kappa shape index (κ2) is 10.9. The standard InChI is InChI=1S/C22H29N3O4S2/c1-4-29-21(28)12-25-17-9-8-15(2)11-18(17)31-22(25)23-19(26)13-30-14-20(27)24-10-6-5-7-16(24)3/h8-9,11,16H,4-7,10,12-14H2,1-3H3. The summed E-state index contributed by atoms with van der Waals surface area (Å²) >= 11 is 2.66. The van der Waals surface area contributed by atoms with Crippen LogP contribution in [-0.4, -0.2) is 57.9 Å². The van der Waals surface area contributed by atoms with E-state index in [4.69, 9.17) is 4.74 Å². The zero-order valence-electron chi connectivity index (χ0n) is 18.3. The molecule has 0 radical (unpaired) electrons. The number of carbonyl (C=O) groups is 3. The lowest BCUT2D eigenvalue weighted by Crippen LogP contribution is -2.43. The van der Waals surface area contributed by atoms with Gasteiger partial charge in [0.1, 0.15) is 6.54 Å². The number of rotatable bonds is 7. The van der Waals surface area contributed by atoms with E-state index in [0.717, 1.165) is 41.6 Å². The van der Waals surface area contributed by atoms with Crippen LogP contribution in [0, 0.1) is 6.92 Å². The first-order chi connectivity index (χ1) is 14.9. The number of amides is 2. The minimum Gasteiger partial charge on any atom is -0.465 e. The second-order valence-electron chi connectivity index (χ2n) is 7.68. The van der Waals surface area contributed by atoms with Crippen molar-refractivity contribution in [3.63, 3.8) is 0 Å². The Bertz CT molecular complexity index is 1030. The fourth-order valence-electron chi connectivity index (χ4n) is 3.67. The third-order valence-electron chi connectivity index (χ3n) is 5.23. The fraction of sp³-hybridized carbons (Fsp3) is 0.545. The lowest BCUT2D eigenvalue weighted by atomic mass is 10.0. The smallest absolute Gasteiger partial charge is 0.326 e. The molecule has 1 fully saturated rings. The number of carbonyl (C=O) groups excluding carboxylic acids is 3. The molecule has 1 aliphatic heterocycles. The van der Waals surface area contributed by atoms with Crippen molar-refractivity contribution < 1.29 is 19.1 Å². The van der Waals surface area contributed by atoms with Gasteiger partial charge in [0.05, 0.1) is 28.3 Å². The van der Waals surface area contributed by atoms with Crippen LogP contribution in [0.5, 0.6) is 0 Å². The van der Waals surface area contributed by atoms with Gasteiger partial charge in [-0.2, -0.15) is 4.99 Å². The first-order valence-electron chi connectivity index (χ1n) is 10.6. The Morgan fingerprint density at radius 3 is 2.81 bits per heavy atom. The number of esters is 1. The van der Waals surface area contributed by atoms with Crippen LogP contribution in [0.15, 0.2) is 23.2 Å². The highest BCUT2D eigenvalue weighted by molar-refractivity contribution is 8.00. The average Bonchev–Trinajstić information content (AvgIpc) is 3.04. The third-order valence-corrected chi connectivity index (χ3v) is 7.17. The molecule has 2 heterocycles. The number of thiazole rings is 1. The minimum absolute atomic E-state index is 0.00148. The van der Waals surface area contributed by atoms with Crippen LogP contribution < -0.4 is 4.80 Å². The number of aryl methyl sites for hydroxylation is 1. The van der Waals surface area contributed by atoms with Crippen molar-refractivity contribution >= 4 is 51.1 Å². The van der Waals surface area contributed by atoms with Crippen LogP contribution >= 0.6 is 23.1 Å². The third kappa shape index (κ3) is 6.20. The zero-order valence-corrected chi connectivity index (χ0v) is 19.9. The van der Waals surface area contributed by atoms with Crippen molar-refractivity contribution in [3.8, 4) is 0 Å². The maximum atomic E-state index is 12.5. The Balaban J connectivity index is 1.70. The van der Waals surface area contributed by atoms with E-state index in [9.17, 15) is 14.4 Å². The summed E-state index contributed by atoms with van der Waals surface area (Å²) < 4.78 is 7.76. The predicted octanol–water partition coefficient (Wildman–Crippen LogP) is 3.14. The van der Waals surface area contributed by atoms with E-state index >= 15 is 0 Å². The summed E-state index contributed by atoms with van der Waals surface area (Å²) in [4.78, 5) is 43.7. The molecule has 0 bridgehead atoms. The summed E-state index contributed by atoms with van der Waals surface area (Å²) in [7, 11) is 0. The molecule has 31 heavy (non-hydrogen) atoms. The van der Waals surface area contributed by atoms with E-state index in [1.54, 1.807) is 11.5 Å². The summed E-state index contributed by atoms with van der Waals surface area (Å²) in [6.07, 6.45) is 3.24. The molecule has 0 saturated carbocycles. The van der Waals surface area contributed by atoms with E-state index in [0.29, 0.717) is 11.4 Å². The highest BCUT2D eigenvalue weighted by atomic mass is 32.2. The number of hydrogen-bond donors (Lipinski definition) is 0. The monoisotopic (exact) mass is 463 g/mol. The topological polar surface area (TPSA) is 81.0 Å². The Kier molecular flexibility index (Phi) is 8.31. The van der Waals surface area contributed by atoms with Crippen molar-refractivity contribution in [2.75, 3.05) is 24.7 Å². The number of aromatic nitrogens is 1. The summed E-state index contributed by atoms with van der Waals surface area (Å²) in [5, 5.41) is 0. The van der Waals surface area contributed by atoms with Gasteiger partial charge >= 0.3 is 5.97 Å². The molecule has 0 N–H and O–H groups in total. The lowest BCUT2D eigenvalue weighted by molar-refractivity contribution is -0.143. The van der Waals surface area contributed by atoms with Gasteiger partial charge in [0.2, 0.25) is 5.91 Å². The summed E-state index contributed by atoms with van der Waals surface area (Å²) in [6.45, 7) is 6.93. The molecule has 3 rings (SSSR count). The number of likely N-dealkylation sites (tertiary alicyclic amines) is 1. The largest absolute Gasteiger partial charge is 0.465 e. The fourth-order valence-corrected chi connectivity index (χ4v) is 5.50. The summed E-state index contributed by atoms with van der Waals surface area (Å²) in [5.74, 6) is -0.196. The number of benzene rings is 1. The van der Waals surface area contributed by atoms with E-state index in [1.807, 2.05) is 30.0 Å². The Morgan fingerprint density at radius 1 is 1.26 bits per heavy atom. The van der Waals surface area contributed by atoms with Gasteiger partial charge in [0, 0.05) is 12.6 Å². The molecule has 1 atom stereocenters. The van der Waals surface area contributed by atoms with Crippen molar-refractivity contribution in [1.82, 2.24) is 9.47 Å². The summed E-state index contributed by atoms with van der Waals surface area (Å²) in [5.41, 5.74) is 1.94. The molecule has 2 aromatic rings. The molecule has 1 saturated heterocycles. The van der Waals surface area contributed by atoms with Gasteiger partial charge < -0.3 is 14.2 Å². The van der Waals surface area contributed by atoms with Gasteiger partial charge in [0.15, 0.2) is 4.80 Å². The molecule has 9 heteroatoms. The highest BCUT2D eigenvalue weighted by Crippen LogP contribution is 2.20. The van der Waals surface area contributed by atoms with E-state index in [2.05, 4.69) is 11.9 Å². The van der Waals surface area contributed by atoms with Gasteiger partial charge in [-0.1, -0.05) is 17.4 Å². The Labute approximate surface area is 190 Å². The molecule has 1 unspecified atom stereocenters. The quantitative estimate of drug-likeness (QED) is 0.590. The number of thioether (sulfide) groups is 1. The van der Waals surface area contributed by atoms with Crippen LogP contribution in [-0.2, 0) is 25.7 Å². The van der Waals surface area contributed by atoms with Crippen molar-refractivity contribution in [2.24, 2.45) is 4.99 Å². The van der Waals surface area contributed by atoms with E-state index in [1.165, 1.54) is 23.1 Å². The van der Waals surface area contributed by atoms with Gasteiger partial charge in [-0.3, -0.25) is 14.4 Å². The first kappa shape index (κ1) is 23.5. The van der Waals surface area contributed by atoms with Crippen LogP contribution in [0.4, 0.5) is 0 Å². The van der Waals surface area contributed by atoms with E-state index < -0.39 is 0 Å². The van der Waals surface area contributed by atoms with Crippen molar-refractivity contribution in [2.45, 2.75) is 52.6 Å². The normalized spacial score (nSPS) is 17.2. The maximum Gasteiger partial charge on any atom is 0.326 e. The van der Waals surface area contributed by atoms with E-state index in [-0.39, 0.29) is 41.9 Å². The number of nitrogens with zero attached hydrogens (tertiary/aromatic N) is 3. The average molecular weight is 464 g/mol. The van der Waals surface area contributed by atoms with Gasteiger partial charge in [-0.05, 0) is 57.7 Å². The van der Waals surface area contributed by atoms with Gasteiger partial charge in [-0.25, -0.2) is 0 Å². The van der Waals surface area contributed by atoms with Crippen molar-refractivity contribution in [3.05, 3.63) is 28.6 Å². The molecule has 2 amide bonds. The molecular weight excluding hydrogens is 434 g/mol. The predicted molar refractivity (Wildman–Crippen MR) is 124 cm³/mol. The molecule has 0 spiro atoms. The molecule has 1 aliphatic rings. The van der Waals surface area contributed by atoms with Crippen LogP contribution in [0.1, 0.15) is 38.7 Å². The molecule has 1 aromatic heterocycles. The molecule has 0 aliphatic carbocycles. The number of ether oxygens (including phenoxy) is 1. The first-order valence-corrected chi connectivity index (χ1v) is 12.6. The summed E-state index contributed by atoms with van der Waals surface area (Å²) in [6, 6.07) is 6.17.